The van der Waals surface area contributed by atoms with E-state index in [1.54, 1.807) is 7.11 Å². The molecule has 1 amide bonds. The summed E-state index contributed by atoms with van der Waals surface area (Å²) in [6.07, 6.45) is 1.74. The van der Waals surface area contributed by atoms with Crippen LogP contribution in [0.5, 0.6) is 5.75 Å². The van der Waals surface area contributed by atoms with Crippen LogP contribution in [-0.2, 0) is 11.2 Å². The molecule has 1 unspecified atom stereocenters. The van der Waals surface area contributed by atoms with Crippen molar-refractivity contribution in [3.05, 3.63) is 29.8 Å². The first kappa shape index (κ1) is 14.9. The van der Waals surface area contributed by atoms with Gasteiger partial charge in [0.15, 0.2) is 0 Å². The lowest BCUT2D eigenvalue weighted by molar-refractivity contribution is -0.129. The average molecular weight is 276 g/mol. The Labute approximate surface area is 121 Å². The number of para-hydroxylation sites is 1. The highest BCUT2D eigenvalue weighted by Gasteiger charge is 2.31. The molecule has 1 aromatic rings. The maximum Gasteiger partial charge on any atom is 0.239 e. The number of hydrogen-bond acceptors (Lipinski definition) is 3. The van der Waals surface area contributed by atoms with Gasteiger partial charge in [-0.15, -0.1) is 0 Å². The van der Waals surface area contributed by atoms with E-state index in [9.17, 15) is 4.79 Å². The normalized spacial score (nSPS) is 18.9. The molecule has 1 aromatic carbocycles. The molecular weight excluding hydrogens is 252 g/mol. The summed E-state index contributed by atoms with van der Waals surface area (Å²) in [6, 6.07) is 8.33. The van der Waals surface area contributed by atoms with Gasteiger partial charge in [0.25, 0.3) is 0 Å². The molecule has 4 nitrogen and oxygen atoms in total. The van der Waals surface area contributed by atoms with E-state index in [-0.39, 0.29) is 11.9 Å². The SMILES string of the molecule is COc1ccccc1CCN1CCC(NC(C)C)C1=O. The molecule has 1 fully saturated rings. The smallest absolute Gasteiger partial charge is 0.239 e. The van der Waals surface area contributed by atoms with E-state index < -0.39 is 0 Å². The van der Waals surface area contributed by atoms with Gasteiger partial charge in [0.2, 0.25) is 5.91 Å². The van der Waals surface area contributed by atoms with Crippen molar-refractivity contribution < 1.29 is 9.53 Å². The van der Waals surface area contributed by atoms with E-state index in [0.29, 0.717) is 6.04 Å². The molecule has 1 saturated heterocycles. The lowest BCUT2D eigenvalue weighted by atomic mass is 10.1. The number of nitrogens with one attached hydrogen (secondary N) is 1. The van der Waals surface area contributed by atoms with E-state index in [1.165, 1.54) is 0 Å². The first-order chi connectivity index (χ1) is 9.61. The summed E-state index contributed by atoms with van der Waals surface area (Å²) in [4.78, 5) is 14.2. The predicted molar refractivity (Wildman–Crippen MR) is 80.0 cm³/mol. The Morgan fingerprint density at radius 3 is 2.85 bits per heavy atom. The molecule has 0 aliphatic carbocycles. The summed E-state index contributed by atoms with van der Waals surface area (Å²) >= 11 is 0. The second-order valence-corrected chi connectivity index (χ2v) is 5.55. The van der Waals surface area contributed by atoms with Crippen LogP contribution in [0.25, 0.3) is 0 Å². The van der Waals surface area contributed by atoms with Gasteiger partial charge in [-0.3, -0.25) is 4.79 Å². The highest BCUT2D eigenvalue weighted by atomic mass is 16.5. The Morgan fingerprint density at radius 1 is 1.40 bits per heavy atom. The van der Waals surface area contributed by atoms with Crippen LogP contribution < -0.4 is 10.1 Å². The second kappa shape index (κ2) is 6.75. The molecule has 0 spiro atoms. The number of carbonyl (C=O) groups is 1. The fraction of sp³-hybridized carbons (Fsp3) is 0.562. The number of methoxy groups -OCH3 is 1. The van der Waals surface area contributed by atoms with E-state index in [0.717, 1.165) is 37.2 Å². The number of ether oxygens (including phenoxy) is 1. The summed E-state index contributed by atoms with van der Waals surface area (Å²) in [7, 11) is 1.68. The Hall–Kier alpha value is -1.55. The summed E-state index contributed by atoms with van der Waals surface area (Å²) < 4.78 is 5.35. The van der Waals surface area contributed by atoms with Gasteiger partial charge in [0.1, 0.15) is 5.75 Å². The summed E-state index contributed by atoms with van der Waals surface area (Å²) in [5.41, 5.74) is 1.16. The van der Waals surface area contributed by atoms with Crippen LogP contribution in [0.15, 0.2) is 24.3 Å². The maximum absolute atomic E-state index is 12.2. The van der Waals surface area contributed by atoms with Gasteiger partial charge in [-0.1, -0.05) is 32.0 Å². The zero-order valence-electron chi connectivity index (χ0n) is 12.6. The monoisotopic (exact) mass is 276 g/mol. The van der Waals surface area contributed by atoms with Gasteiger partial charge in [-0.05, 0) is 24.5 Å². The van der Waals surface area contributed by atoms with E-state index >= 15 is 0 Å². The molecule has 1 aliphatic heterocycles. The first-order valence-corrected chi connectivity index (χ1v) is 7.28. The quantitative estimate of drug-likeness (QED) is 0.862. The van der Waals surface area contributed by atoms with Gasteiger partial charge in [0, 0.05) is 19.1 Å². The zero-order valence-corrected chi connectivity index (χ0v) is 12.6. The molecule has 110 valence electrons. The number of carbonyl (C=O) groups excluding carboxylic acids is 1. The lowest BCUT2D eigenvalue weighted by Gasteiger charge is -2.19. The third-order valence-corrected chi connectivity index (χ3v) is 3.68. The van der Waals surface area contributed by atoms with E-state index in [1.807, 2.05) is 23.1 Å². The van der Waals surface area contributed by atoms with Crippen LogP contribution in [0.2, 0.25) is 0 Å². The Morgan fingerprint density at radius 2 is 2.15 bits per heavy atom. The molecule has 20 heavy (non-hydrogen) atoms. The van der Waals surface area contributed by atoms with Gasteiger partial charge < -0.3 is 15.0 Å². The molecule has 0 saturated carbocycles. The highest BCUT2D eigenvalue weighted by molar-refractivity contribution is 5.84. The van der Waals surface area contributed by atoms with Crippen molar-refractivity contribution in [3.8, 4) is 5.75 Å². The van der Waals surface area contributed by atoms with E-state index in [2.05, 4.69) is 25.2 Å². The number of rotatable bonds is 6. The third-order valence-electron chi connectivity index (χ3n) is 3.68. The topological polar surface area (TPSA) is 41.6 Å². The van der Waals surface area contributed by atoms with Crippen molar-refractivity contribution in [2.45, 2.75) is 38.8 Å². The Bertz CT molecular complexity index is 460. The highest BCUT2D eigenvalue weighted by Crippen LogP contribution is 2.19. The molecule has 2 rings (SSSR count). The van der Waals surface area contributed by atoms with Gasteiger partial charge in [-0.2, -0.15) is 0 Å². The van der Waals surface area contributed by atoms with Gasteiger partial charge in [-0.25, -0.2) is 0 Å². The van der Waals surface area contributed by atoms with Gasteiger partial charge in [0.05, 0.1) is 13.2 Å². The number of hydrogen-bond donors (Lipinski definition) is 1. The van der Waals surface area contributed by atoms with Crippen molar-refractivity contribution in [3.63, 3.8) is 0 Å². The third kappa shape index (κ3) is 3.51. The Kier molecular flexibility index (Phi) is 5.01. The summed E-state index contributed by atoms with van der Waals surface area (Å²) in [6.45, 7) is 5.75. The Balaban J connectivity index is 1.90. The van der Waals surface area contributed by atoms with Gasteiger partial charge >= 0.3 is 0 Å². The maximum atomic E-state index is 12.2. The van der Waals surface area contributed by atoms with Crippen molar-refractivity contribution in [1.29, 1.82) is 0 Å². The van der Waals surface area contributed by atoms with Crippen molar-refractivity contribution >= 4 is 5.91 Å². The molecule has 0 bridgehead atoms. The van der Waals surface area contributed by atoms with Crippen LogP contribution >= 0.6 is 0 Å². The van der Waals surface area contributed by atoms with Crippen LogP contribution in [-0.4, -0.2) is 43.1 Å². The lowest BCUT2D eigenvalue weighted by Crippen LogP contribution is -2.41. The standard InChI is InChI=1S/C16H24N2O2/c1-12(2)17-14-9-11-18(16(14)19)10-8-13-6-4-5-7-15(13)20-3/h4-7,12,14,17H,8-11H2,1-3H3. The van der Waals surface area contributed by atoms with Crippen LogP contribution in [0.1, 0.15) is 25.8 Å². The second-order valence-electron chi connectivity index (χ2n) is 5.55. The van der Waals surface area contributed by atoms with Crippen molar-refractivity contribution in [2.75, 3.05) is 20.2 Å². The minimum Gasteiger partial charge on any atom is -0.496 e. The minimum atomic E-state index is -0.00679. The van der Waals surface area contributed by atoms with Crippen molar-refractivity contribution in [1.82, 2.24) is 10.2 Å². The zero-order chi connectivity index (χ0) is 14.5. The molecule has 4 heteroatoms. The molecule has 1 atom stereocenters. The summed E-state index contributed by atoms with van der Waals surface area (Å²) in [5, 5.41) is 3.33. The fourth-order valence-corrected chi connectivity index (χ4v) is 2.68. The largest absolute Gasteiger partial charge is 0.496 e. The predicted octanol–water partition coefficient (Wildman–Crippen LogP) is 1.84. The number of benzene rings is 1. The number of likely N-dealkylation sites (tertiary alicyclic amines) is 1. The van der Waals surface area contributed by atoms with E-state index in [4.69, 9.17) is 4.74 Å². The molecule has 1 heterocycles. The minimum absolute atomic E-state index is 0.00679. The molecular formula is C16H24N2O2. The fourth-order valence-electron chi connectivity index (χ4n) is 2.68. The average Bonchev–Trinajstić information content (AvgIpc) is 2.77. The van der Waals surface area contributed by atoms with Crippen LogP contribution in [0.4, 0.5) is 0 Å². The number of nitrogens with zero attached hydrogens (tertiary/aromatic N) is 1. The summed E-state index contributed by atoms with van der Waals surface area (Å²) in [5.74, 6) is 1.13. The molecule has 1 aliphatic rings. The first-order valence-electron chi connectivity index (χ1n) is 7.28. The van der Waals surface area contributed by atoms with Crippen molar-refractivity contribution in [2.24, 2.45) is 0 Å². The van der Waals surface area contributed by atoms with Crippen LogP contribution in [0, 0.1) is 0 Å². The van der Waals surface area contributed by atoms with Crippen LogP contribution in [0.3, 0.4) is 0 Å². The molecule has 1 N–H and O–H groups in total. The number of amides is 1. The molecule has 0 aromatic heterocycles. The molecule has 0 radical (unpaired) electrons.